The first-order chi connectivity index (χ1) is 10.8. The average molecular weight is 311 g/mol. The SMILES string of the molecule is O=CC1=C(Cl)c2ccc3c(c2Oc2ccccc21)CCCC3. The third kappa shape index (κ3) is 1.98. The maximum absolute atomic E-state index is 11.6. The van der Waals surface area contributed by atoms with Gasteiger partial charge in [0.25, 0.3) is 0 Å². The van der Waals surface area contributed by atoms with Gasteiger partial charge in [-0.2, -0.15) is 0 Å². The number of fused-ring (bicyclic) bond motifs is 4. The molecule has 2 aliphatic rings. The van der Waals surface area contributed by atoms with Gasteiger partial charge in [0.05, 0.1) is 5.03 Å². The molecule has 0 radical (unpaired) electrons. The number of aldehydes is 1. The van der Waals surface area contributed by atoms with Gasteiger partial charge in [0.15, 0.2) is 6.29 Å². The van der Waals surface area contributed by atoms with E-state index in [2.05, 4.69) is 6.07 Å². The highest BCUT2D eigenvalue weighted by atomic mass is 35.5. The molecular formula is C19H15ClO2. The summed E-state index contributed by atoms with van der Waals surface area (Å²) in [5.41, 5.74) is 4.64. The van der Waals surface area contributed by atoms with E-state index in [1.807, 2.05) is 30.3 Å². The van der Waals surface area contributed by atoms with Gasteiger partial charge in [0.2, 0.25) is 0 Å². The van der Waals surface area contributed by atoms with Gasteiger partial charge in [0, 0.05) is 16.7 Å². The van der Waals surface area contributed by atoms with Crippen LogP contribution < -0.4 is 4.74 Å². The summed E-state index contributed by atoms with van der Waals surface area (Å²) in [7, 11) is 0. The molecule has 1 aliphatic carbocycles. The predicted octanol–water partition coefficient (Wildman–Crippen LogP) is 4.98. The van der Waals surface area contributed by atoms with Gasteiger partial charge in [-0.05, 0) is 48.9 Å². The second-order valence-corrected chi connectivity index (χ2v) is 6.11. The van der Waals surface area contributed by atoms with E-state index in [1.165, 1.54) is 17.5 Å². The lowest BCUT2D eigenvalue weighted by molar-refractivity contribution is -0.103. The monoisotopic (exact) mass is 310 g/mol. The molecule has 2 aromatic rings. The molecule has 3 heteroatoms. The molecule has 4 rings (SSSR count). The van der Waals surface area contributed by atoms with E-state index in [0.29, 0.717) is 16.4 Å². The number of hydrogen-bond acceptors (Lipinski definition) is 2. The summed E-state index contributed by atoms with van der Waals surface area (Å²) in [4.78, 5) is 11.6. The molecule has 110 valence electrons. The summed E-state index contributed by atoms with van der Waals surface area (Å²) < 4.78 is 6.22. The zero-order valence-electron chi connectivity index (χ0n) is 12.1. The Hall–Kier alpha value is -2.06. The molecule has 22 heavy (non-hydrogen) atoms. The molecule has 0 bridgehead atoms. The first kappa shape index (κ1) is 13.6. The summed E-state index contributed by atoms with van der Waals surface area (Å²) in [6.45, 7) is 0. The van der Waals surface area contributed by atoms with Crippen LogP contribution in [0.4, 0.5) is 0 Å². The summed E-state index contributed by atoms with van der Waals surface area (Å²) in [6.07, 6.45) is 5.28. The molecular weight excluding hydrogens is 296 g/mol. The van der Waals surface area contributed by atoms with E-state index < -0.39 is 0 Å². The smallest absolute Gasteiger partial charge is 0.152 e. The van der Waals surface area contributed by atoms with Gasteiger partial charge in [-0.1, -0.05) is 35.9 Å². The Kier molecular flexibility index (Phi) is 3.27. The van der Waals surface area contributed by atoms with Crippen molar-refractivity contribution in [2.24, 2.45) is 0 Å². The number of carbonyl (C=O) groups excluding carboxylic acids is 1. The molecule has 0 unspecified atom stereocenters. The van der Waals surface area contributed by atoms with Crippen molar-refractivity contribution in [3.63, 3.8) is 0 Å². The number of halogens is 1. The molecule has 0 saturated carbocycles. The third-order valence-electron chi connectivity index (χ3n) is 4.46. The van der Waals surface area contributed by atoms with Crippen LogP contribution in [0.2, 0.25) is 0 Å². The second-order valence-electron chi connectivity index (χ2n) is 5.73. The lowest BCUT2D eigenvalue weighted by Gasteiger charge is -2.21. The summed E-state index contributed by atoms with van der Waals surface area (Å²) in [5, 5.41) is 0.475. The Morgan fingerprint density at radius 1 is 1.00 bits per heavy atom. The Morgan fingerprint density at radius 3 is 2.68 bits per heavy atom. The van der Waals surface area contributed by atoms with Crippen molar-refractivity contribution in [2.75, 3.05) is 0 Å². The first-order valence-electron chi connectivity index (χ1n) is 7.57. The summed E-state index contributed by atoms with van der Waals surface area (Å²) in [5.74, 6) is 1.52. The van der Waals surface area contributed by atoms with Crippen LogP contribution in [-0.2, 0) is 17.6 Å². The number of benzene rings is 2. The molecule has 1 heterocycles. The van der Waals surface area contributed by atoms with Gasteiger partial charge in [-0.15, -0.1) is 0 Å². The highest BCUT2D eigenvalue weighted by Crippen LogP contribution is 2.46. The van der Waals surface area contributed by atoms with Crippen LogP contribution in [0.25, 0.3) is 10.6 Å². The quantitative estimate of drug-likeness (QED) is 0.695. The summed E-state index contributed by atoms with van der Waals surface area (Å²) >= 11 is 6.56. The molecule has 0 amide bonds. The van der Waals surface area contributed by atoms with Gasteiger partial charge in [0.1, 0.15) is 11.5 Å². The Balaban J connectivity index is 2.03. The lowest BCUT2D eigenvalue weighted by atomic mass is 9.89. The van der Waals surface area contributed by atoms with Crippen molar-refractivity contribution in [1.29, 1.82) is 0 Å². The Bertz CT molecular complexity index is 805. The molecule has 0 fully saturated rings. The van der Waals surface area contributed by atoms with Crippen LogP contribution in [0.1, 0.15) is 35.1 Å². The maximum atomic E-state index is 11.6. The van der Waals surface area contributed by atoms with Crippen LogP contribution in [0.5, 0.6) is 11.5 Å². The van der Waals surface area contributed by atoms with Crippen LogP contribution in [-0.4, -0.2) is 6.29 Å². The molecule has 0 aromatic heterocycles. The van der Waals surface area contributed by atoms with Crippen molar-refractivity contribution in [3.05, 3.63) is 58.7 Å². The Morgan fingerprint density at radius 2 is 1.82 bits per heavy atom. The van der Waals surface area contributed by atoms with Crippen LogP contribution in [0.3, 0.4) is 0 Å². The second kappa shape index (κ2) is 5.29. The minimum absolute atomic E-state index is 0.475. The number of para-hydroxylation sites is 1. The van der Waals surface area contributed by atoms with Crippen LogP contribution >= 0.6 is 11.6 Å². The minimum atomic E-state index is 0.475. The topological polar surface area (TPSA) is 26.3 Å². The fourth-order valence-corrected chi connectivity index (χ4v) is 3.65. The highest BCUT2D eigenvalue weighted by Gasteiger charge is 2.26. The van der Waals surface area contributed by atoms with E-state index in [9.17, 15) is 4.79 Å². The standard InChI is InChI=1S/C19H15ClO2/c20-18-15-10-9-12-5-1-2-6-13(12)19(15)22-17-8-4-3-7-14(17)16(18)11-21/h3-4,7-11H,1-2,5-6H2. The van der Waals surface area contributed by atoms with Gasteiger partial charge in [-0.25, -0.2) is 0 Å². The Labute approximate surface area is 134 Å². The van der Waals surface area contributed by atoms with Crippen LogP contribution in [0, 0.1) is 0 Å². The van der Waals surface area contributed by atoms with E-state index in [4.69, 9.17) is 16.3 Å². The number of allylic oxidation sites excluding steroid dienone is 1. The number of ether oxygens (including phenoxy) is 1. The number of rotatable bonds is 1. The number of carbonyl (C=O) groups is 1. The fourth-order valence-electron chi connectivity index (χ4n) is 3.35. The van der Waals surface area contributed by atoms with E-state index in [1.54, 1.807) is 0 Å². The molecule has 2 nitrogen and oxygen atoms in total. The normalized spacial score (nSPS) is 16.0. The predicted molar refractivity (Wildman–Crippen MR) is 88.3 cm³/mol. The minimum Gasteiger partial charge on any atom is -0.456 e. The van der Waals surface area contributed by atoms with Crippen molar-refractivity contribution in [1.82, 2.24) is 0 Å². The van der Waals surface area contributed by atoms with Crippen molar-refractivity contribution in [3.8, 4) is 11.5 Å². The van der Waals surface area contributed by atoms with E-state index in [-0.39, 0.29) is 0 Å². The van der Waals surface area contributed by atoms with Crippen molar-refractivity contribution in [2.45, 2.75) is 25.7 Å². The van der Waals surface area contributed by atoms with Gasteiger partial charge < -0.3 is 4.74 Å². The third-order valence-corrected chi connectivity index (χ3v) is 4.87. The maximum Gasteiger partial charge on any atom is 0.152 e. The fraction of sp³-hybridized carbons (Fsp3) is 0.211. The summed E-state index contributed by atoms with van der Waals surface area (Å²) in [6, 6.07) is 11.7. The van der Waals surface area contributed by atoms with Crippen LogP contribution in [0.15, 0.2) is 36.4 Å². The molecule has 0 spiro atoms. The highest BCUT2D eigenvalue weighted by molar-refractivity contribution is 6.56. The van der Waals surface area contributed by atoms with E-state index >= 15 is 0 Å². The molecule has 1 aliphatic heterocycles. The largest absolute Gasteiger partial charge is 0.456 e. The molecule has 0 atom stereocenters. The lowest BCUT2D eigenvalue weighted by Crippen LogP contribution is -2.06. The van der Waals surface area contributed by atoms with E-state index in [0.717, 1.165) is 42.4 Å². The molecule has 2 aromatic carbocycles. The average Bonchev–Trinajstić information content (AvgIpc) is 2.69. The zero-order chi connectivity index (χ0) is 15.1. The molecule has 0 saturated heterocycles. The number of hydrogen-bond donors (Lipinski definition) is 0. The zero-order valence-corrected chi connectivity index (χ0v) is 12.8. The van der Waals surface area contributed by atoms with Gasteiger partial charge in [-0.3, -0.25) is 4.79 Å². The number of aryl methyl sites for hydroxylation is 1. The first-order valence-corrected chi connectivity index (χ1v) is 7.94. The van der Waals surface area contributed by atoms with Crippen molar-refractivity contribution < 1.29 is 9.53 Å². The molecule has 0 N–H and O–H groups in total. The van der Waals surface area contributed by atoms with Crippen molar-refractivity contribution >= 4 is 28.5 Å². The van der Waals surface area contributed by atoms with Gasteiger partial charge >= 0.3 is 0 Å².